The van der Waals surface area contributed by atoms with Gasteiger partial charge in [-0.05, 0) is 38.5 Å². The van der Waals surface area contributed by atoms with Crippen molar-refractivity contribution < 1.29 is 28.6 Å². The molecular formula is C42H78O6. The number of hydrogen-bond donors (Lipinski definition) is 0. The predicted molar refractivity (Wildman–Crippen MR) is 201 cm³/mol. The highest BCUT2D eigenvalue weighted by Gasteiger charge is 2.19. The second kappa shape index (κ2) is 38.0. The summed E-state index contributed by atoms with van der Waals surface area (Å²) in [4.78, 5) is 37.3. The molecule has 0 N–H and O–H groups in total. The molecule has 0 rings (SSSR count). The van der Waals surface area contributed by atoms with Crippen LogP contribution in [0.5, 0.6) is 0 Å². The van der Waals surface area contributed by atoms with Gasteiger partial charge in [0.2, 0.25) is 0 Å². The Hall–Kier alpha value is -1.85. The van der Waals surface area contributed by atoms with E-state index >= 15 is 0 Å². The molecule has 0 saturated heterocycles. The highest BCUT2D eigenvalue weighted by Crippen LogP contribution is 2.15. The van der Waals surface area contributed by atoms with Gasteiger partial charge in [0.25, 0.3) is 0 Å². The van der Waals surface area contributed by atoms with E-state index in [4.69, 9.17) is 14.2 Å². The van der Waals surface area contributed by atoms with Gasteiger partial charge in [-0.15, -0.1) is 0 Å². The van der Waals surface area contributed by atoms with Gasteiger partial charge in [0.15, 0.2) is 6.10 Å². The van der Waals surface area contributed by atoms with E-state index in [9.17, 15) is 14.4 Å². The van der Waals surface area contributed by atoms with Gasteiger partial charge >= 0.3 is 17.9 Å². The third kappa shape index (κ3) is 35.5. The van der Waals surface area contributed by atoms with E-state index in [2.05, 4.69) is 32.9 Å². The molecule has 0 radical (unpaired) electrons. The molecule has 0 aromatic heterocycles. The molecule has 0 aromatic rings. The summed E-state index contributed by atoms with van der Waals surface area (Å²) in [6, 6.07) is 0. The molecule has 1 unspecified atom stereocenters. The first-order chi connectivity index (χ1) is 23.5. The van der Waals surface area contributed by atoms with Crippen LogP contribution in [0.4, 0.5) is 0 Å². The van der Waals surface area contributed by atoms with Crippen LogP contribution in [0.1, 0.15) is 220 Å². The van der Waals surface area contributed by atoms with Gasteiger partial charge in [0, 0.05) is 19.3 Å². The van der Waals surface area contributed by atoms with Crippen molar-refractivity contribution in [2.45, 2.75) is 226 Å². The molecule has 0 aromatic carbocycles. The van der Waals surface area contributed by atoms with Crippen molar-refractivity contribution in [2.24, 2.45) is 0 Å². The van der Waals surface area contributed by atoms with Crippen LogP contribution in [0.3, 0.4) is 0 Å². The maximum absolute atomic E-state index is 12.6. The van der Waals surface area contributed by atoms with Crippen LogP contribution < -0.4 is 0 Å². The van der Waals surface area contributed by atoms with Crippen LogP contribution in [0.25, 0.3) is 0 Å². The Balaban J connectivity index is 4.20. The van der Waals surface area contributed by atoms with Gasteiger partial charge in [0.1, 0.15) is 13.2 Å². The molecule has 48 heavy (non-hydrogen) atoms. The fourth-order valence-electron chi connectivity index (χ4n) is 5.85. The Bertz CT molecular complexity index is 748. The number of carbonyl (C=O) groups excluding carboxylic acids is 3. The lowest BCUT2D eigenvalue weighted by molar-refractivity contribution is -0.167. The van der Waals surface area contributed by atoms with Gasteiger partial charge in [-0.2, -0.15) is 0 Å². The number of esters is 3. The Labute approximate surface area is 297 Å². The van der Waals surface area contributed by atoms with Crippen LogP contribution >= 0.6 is 0 Å². The van der Waals surface area contributed by atoms with Gasteiger partial charge in [0.05, 0.1) is 0 Å². The minimum atomic E-state index is -0.763. The molecule has 0 aliphatic carbocycles. The fraction of sp³-hybridized carbons (Fsp3) is 0.881. The molecule has 0 saturated carbocycles. The lowest BCUT2D eigenvalue weighted by atomic mass is 10.0. The van der Waals surface area contributed by atoms with Crippen molar-refractivity contribution >= 4 is 17.9 Å². The zero-order valence-corrected chi connectivity index (χ0v) is 32.0. The Morgan fingerprint density at radius 2 is 0.729 bits per heavy atom. The molecule has 0 aliphatic rings. The summed E-state index contributed by atoms with van der Waals surface area (Å²) in [5.41, 5.74) is 0. The topological polar surface area (TPSA) is 78.9 Å². The van der Waals surface area contributed by atoms with E-state index in [1.807, 2.05) is 0 Å². The van der Waals surface area contributed by atoms with Gasteiger partial charge in [-0.3, -0.25) is 14.4 Å². The molecule has 0 fully saturated rings. The molecule has 0 bridgehead atoms. The van der Waals surface area contributed by atoms with E-state index in [1.165, 1.54) is 96.3 Å². The van der Waals surface area contributed by atoms with E-state index < -0.39 is 6.10 Å². The van der Waals surface area contributed by atoms with Crippen LogP contribution in [0.2, 0.25) is 0 Å². The summed E-state index contributed by atoms with van der Waals surface area (Å²) < 4.78 is 16.5. The average molecular weight is 679 g/mol. The first-order valence-corrected chi connectivity index (χ1v) is 20.7. The van der Waals surface area contributed by atoms with Crippen molar-refractivity contribution in [1.29, 1.82) is 0 Å². The molecule has 0 amide bonds. The smallest absolute Gasteiger partial charge is 0.306 e. The quantitative estimate of drug-likeness (QED) is 0.0282. The highest BCUT2D eigenvalue weighted by atomic mass is 16.6. The fourth-order valence-corrected chi connectivity index (χ4v) is 5.85. The predicted octanol–water partition coefficient (Wildman–Crippen LogP) is 12.7. The van der Waals surface area contributed by atoms with Crippen molar-refractivity contribution in [3.8, 4) is 0 Å². The number of unbranched alkanes of at least 4 members (excludes halogenated alkanes) is 24. The van der Waals surface area contributed by atoms with E-state index in [0.717, 1.165) is 83.5 Å². The minimum Gasteiger partial charge on any atom is -0.462 e. The molecule has 0 aliphatic heterocycles. The molecule has 0 heterocycles. The summed E-state index contributed by atoms with van der Waals surface area (Å²) in [5.74, 6) is -0.893. The van der Waals surface area contributed by atoms with Crippen LogP contribution in [-0.4, -0.2) is 37.2 Å². The van der Waals surface area contributed by atoms with Crippen molar-refractivity contribution in [3.63, 3.8) is 0 Å². The van der Waals surface area contributed by atoms with E-state index in [-0.39, 0.29) is 31.1 Å². The first kappa shape index (κ1) is 46.1. The number of carbonyl (C=O) groups is 3. The zero-order valence-electron chi connectivity index (χ0n) is 32.0. The molecule has 1 atom stereocenters. The third-order valence-corrected chi connectivity index (χ3v) is 9.00. The number of rotatable bonds is 37. The second-order valence-corrected chi connectivity index (χ2v) is 13.9. The van der Waals surface area contributed by atoms with E-state index in [0.29, 0.717) is 19.3 Å². The highest BCUT2D eigenvalue weighted by molar-refractivity contribution is 5.71. The van der Waals surface area contributed by atoms with Crippen molar-refractivity contribution in [3.05, 3.63) is 12.2 Å². The average Bonchev–Trinajstić information content (AvgIpc) is 3.08. The molecular weight excluding hydrogens is 600 g/mol. The number of ether oxygens (including phenoxy) is 3. The van der Waals surface area contributed by atoms with Gasteiger partial charge in [-0.25, -0.2) is 0 Å². The second-order valence-electron chi connectivity index (χ2n) is 13.9. The normalized spacial score (nSPS) is 12.0. The first-order valence-electron chi connectivity index (χ1n) is 20.7. The Morgan fingerprint density at radius 1 is 0.396 bits per heavy atom. The number of hydrogen-bond acceptors (Lipinski definition) is 6. The standard InChI is InChI=1S/C42H78O6/c1-4-7-10-13-15-17-19-20-21-22-23-25-26-29-32-35-41(44)47-38-39(37-46-40(43)34-31-28-12-9-6-3)48-42(45)36-33-30-27-24-18-16-14-11-8-5-2/h11,14,39H,4-10,12-13,15-38H2,1-3H3/b14-11-. The molecule has 6 nitrogen and oxygen atoms in total. The summed E-state index contributed by atoms with van der Waals surface area (Å²) in [7, 11) is 0. The Morgan fingerprint density at radius 3 is 1.12 bits per heavy atom. The summed E-state index contributed by atoms with van der Waals surface area (Å²) >= 11 is 0. The maximum atomic E-state index is 12.6. The maximum Gasteiger partial charge on any atom is 0.306 e. The van der Waals surface area contributed by atoms with Crippen molar-refractivity contribution in [1.82, 2.24) is 0 Å². The largest absolute Gasteiger partial charge is 0.462 e. The monoisotopic (exact) mass is 679 g/mol. The van der Waals surface area contributed by atoms with Crippen LogP contribution in [-0.2, 0) is 28.6 Å². The van der Waals surface area contributed by atoms with Crippen LogP contribution in [0, 0.1) is 0 Å². The van der Waals surface area contributed by atoms with Crippen molar-refractivity contribution in [2.75, 3.05) is 13.2 Å². The molecule has 6 heteroatoms. The van der Waals surface area contributed by atoms with Crippen LogP contribution in [0.15, 0.2) is 12.2 Å². The molecule has 0 spiro atoms. The summed E-state index contributed by atoms with van der Waals surface area (Å²) in [5, 5.41) is 0. The summed E-state index contributed by atoms with van der Waals surface area (Å²) in [6.45, 7) is 6.48. The Kier molecular flexibility index (Phi) is 36.5. The molecule has 282 valence electrons. The van der Waals surface area contributed by atoms with Gasteiger partial charge in [-0.1, -0.05) is 174 Å². The summed E-state index contributed by atoms with van der Waals surface area (Å²) in [6.07, 6.45) is 38.0. The minimum absolute atomic E-state index is 0.0708. The lowest BCUT2D eigenvalue weighted by Gasteiger charge is -2.18. The van der Waals surface area contributed by atoms with Gasteiger partial charge < -0.3 is 14.2 Å². The third-order valence-electron chi connectivity index (χ3n) is 9.00. The zero-order chi connectivity index (χ0) is 35.2. The van der Waals surface area contributed by atoms with E-state index in [1.54, 1.807) is 0 Å². The lowest BCUT2D eigenvalue weighted by Crippen LogP contribution is -2.30. The number of allylic oxidation sites excluding steroid dienone is 2. The SMILES string of the molecule is CCC/C=C\CCCCCCCC(=O)OC(COC(=O)CCCCCCC)COC(=O)CCCCCCCCCCCCCCCCC.